The molecule has 0 saturated carbocycles. The molecule has 4 aromatic carbocycles. The van der Waals surface area contributed by atoms with Crippen molar-refractivity contribution in [2.24, 2.45) is 4.99 Å². The number of hydrogen-bond donors (Lipinski definition) is 3. The fourth-order valence-corrected chi connectivity index (χ4v) is 8.33. The van der Waals surface area contributed by atoms with E-state index in [2.05, 4.69) is 161 Å². The highest BCUT2D eigenvalue weighted by Gasteiger charge is 2.23. The van der Waals surface area contributed by atoms with E-state index in [-0.39, 0.29) is 5.78 Å². The molecule has 57 heavy (non-hydrogen) atoms. The average Bonchev–Trinajstić information content (AvgIpc) is 4.09. The smallest absolute Gasteiger partial charge is 0.184 e. The highest BCUT2D eigenvalue weighted by Crippen LogP contribution is 2.33. The van der Waals surface area contributed by atoms with Crippen molar-refractivity contribution in [3.05, 3.63) is 253 Å². The molecular weight excluding hydrogens is 697 g/mol. The minimum atomic E-state index is 0.0633. The summed E-state index contributed by atoms with van der Waals surface area (Å²) in [7, 11) is 0. The number of ketones is 1. The third kappa shape index (κ3) is 6.06. The van der Waals surface area contributed by atoms with Crippen LogP contribution in [0.25, 0.3) is 27.9 Å². The van der Waals surface area contributed by atoms with Gasteiger partial charge in [-0.2, -0.15) is 0 Å². The zero-order chi connectivity index (χ0) is 38.5. The molecule has 8 bridgehead atoms. The van der Waals surface area contributed by atoms with E-state index in [1.54, 1.807) is 0 Å². The molecule has 3 N–H and O–H groups in total. The maximum Gasteiger partial charge on any atom is 0.184 e. The highest BCUT2D eigenvalue weighted by molar-refractivity contribution is 6.30. The van der Waals surface area contributed by atoms with Crippen LogP contribution in [0.3, 0.4) is 0 Å². The molecule has 272 valence electrons. The van der Waals surface area contributed by atoms with Gasteiger partial charge in [0.1, 0.15) is 0 Å². The normalized spacial score (nSPS) is 19.4. The van der Waals surface area contributed by atoms with E-state index in [0.29, 0.717) is 11.1 Å². The molecular formula is C52H38N4O. The van der Waals surface area contributed by atoms with Gasteiger partial charge < -0.3 is 15.0 Å². The summed E-state index contributed by atoms with van der Waals surface area (Å²) >= 11 is 0. The summed E-state index contributed by atoms with van der Waals surface area (Å²) in [5.74, 6) is 0.0633. The lowest BCUT2D eigenvalue weighted by atomic mass is 9.93. The summed E-state index contributed by atoms with van der Waals surface area (Å²) in [5.41, 5.74) is 15.3. The lowest BCUT2D eigenvalue weighted by molar-refractivity contribution is -0.112. The number of allylic oxidation sites excluding steroid dienone is 6. The molecule has 0 radical (unpaired) electrons. The van der Waals surface area contributed by atoms with Gasteiger partial charge in [0.05, 0.1) is 16.8 Å². The van der Waals surface area contributed by atoms with Crippen molar-refractivity contribution in [3.8, 4) is 0 Å². The van der Waals surface area contributed by atoms with Crippen LogP contribution < -0.4 is 21.3 Å². The van der Waals surface area contributed by atoms with E-state index in [0.717, 1.165) is 99.9 Å². The Kier molecular flexibility index (Phi) is 8.34. The van der Waals surface area contributed by atoms with Crippen LogP contribution in [0, 0.1) is 0 Å². The van der Waals surface area contributed by atoms with Crippen molar-refractivity contribution in [1.82, 2.24) is 15.0 Å². The first-order chi connectivity index (χ1) is 28.0. The molecule has 0 spiro atoms. The predicted molar refractivity (Wildman–Crippen MR) is 231 cm³/mol. The maximum atomic E-state index is 13.1. The van der Waals surface area contributed by atoms with Gasteiger partial charge in [-0.05, 0) is 107 Å². The molecule has 7 aromatic rings. The zero-order valence-electron chi connectivity index (χ0n) is 31.6. The largest absolute Gasteiger partial charge is 0.354 e. The lowest BCUT2D eigenvalue weighted by Crippen LogP contribution is -2.30. The summed E-state index contributed by atoms with van der Waals surface area (Å²) < 4.78 is 0. The second kappa shape index (κ2) is 14.0. The molecule has 5 heterocycles. The second-order valence-electron chi connectivity index (χ2n) is 14.7. The van der Waals surface area contributed by atoms with Gasteiger partial charge >= 0.3 is 0 Å². The van der Waals surface area contributed by atoms with Crippen LogP contribution in [0.2, 0.25) is 0 Å². The van der Waals surface area contributed by atoms with Crippen molar-refractivity contribution in [2.45, 2.75) is 13.8 Å². The van der Waals surface area contributed by atoms with Crippen LogP contribution in [0.1, 0.15) is 53.2 Å². The number of nitrogens with one attached hydrogen (secondary N) is 3. The average molecular weight is 735 g/mol. The van der Waals surface area contributed by atoms with Crippen molar-refractivity contribution >= 4 is 39.4 Å². The van der Waals surface area contributed by atoms with E-state index in [4.69, 9.17) is 4.99 Å². The van der Waals surface area contributed by atoms with Gasteiger partial charge in [-0.3, -0.25) is 4.79 Å². The summed E-state index contributed by atoms with van der Waals surface area (Å²) in [6.45, 7) is 3.80. The Labute approximate surface area is 330 Å². The Bertz CT molecular complexity index is 3140. The number of Topliss-reactive ketones (excluding diaryl/α,β-unsaturated/α-hetero) is 1. The van der Waals surface area contributed by atoms with Crippen LogP contribution >= 0.6 is 0 Å². The fraction of sp³-hybridized carbons (Fsp3) is 0.0385. The summed E-state index contributed by atoms with van der Waals surface area (Å²) in [6, 6.07) is 52.9. The van der Waals surface area contributed by atoms with Crippen molar-refractivity contribution in [2.75, 3.05) is 0 Å². The Hall–Kier alpha value is -7.50. The quantitative estimate of drug-likeness (QED) is 0.170. The number of hydrogen-bond acceptors (Lipinski definition) is 2. The van der Waals surface area contributed by atoms with Gasteiger partial charge in [0.15, 0.2) is 5.78 Å². The molecule has 5 nitrogen and oxygen atoms in total. The molecule has 5 heteroatoms. The van der Waals surface area contributed by atoms with Crippen molar-refractivity contribution in [3.63, 3.8) is 0 Å². The molecule has 2 aliphatic heterocycles. The van der Waals surface area contributed by atoms with E-state index in [1.165, 1.54) is 0 Å². The van der Waals surface area contributed by atoms with Crippen LogP contribution in [-0.2, 0) is 4.79 Å². The molecule has 0 amide bonds. The van der Waals surface area contributed by atoms with Crippen LogP contribution in [-0.4, -0.2) is 26.4 Å². The van der Waals surface area contributed by atoms with E-state index >= 15 is 0 Å². The third-order valence-electron chi connectivity index (χ3n) is 11.0. The van der Waals surface area contributed by atoms with Crippen molar-refractivity contribution in [1.29, 1.82) is 0 Å². The minimum absolute atomic E-state index is 0.0633. The van der Waals surface area contributed by atoms with Gasteiger partial charge in [-0.15, -0.1) is 0 Å². The Balaban J connectivity index is 1.43. The van der Waals surface area contributed by atoms with Crippen LogP contribution in [0.4, 0.5) is 0 Å². The number of benzene rings is 4. The molecule has 0 fully saturated rings. The number of aromatic amines is 3. The number of rotatable bonds is 4. The number of aliphatic imine (C=N–C) groups is 1. The monoisotopic (exact) mass is 734 g/mol. The second-order valence-corrected chi connectivity index (χ2v) is 14.7. The first-order valence-electron chi connectivity index (χ1n) is 19.3. The van der Waals surface area contributed by atoms with Crippen LogP contribution in [0.5, 0.6) is 0 Å². The van der Waals surface area contributed by atoms with E-state index in [9.17, 15) is 4.79 Å². The molecule has 3 aliphatic rings. The van der Waals surface area contributed by atoms with E-state index < -0.39 is 0 Å². The van der Waals surface area contributed by atoms with Crippen molar-refractivity contribution < 1.29 is 4.79 Å². The zero-order valence-corrected chi connectivity index (χ0v) is 31.6. The topological polar surface area (TPSA) is 76.8 Å². The lowest BCUT2D eigenvalue weighted by Gasteiger charge is -2.11. The molecule has 0 atom stereocenters. The number of aromatic nitrogens is 3. The SMILES string of the molecule is CC1=CC(=c2cc3[nH]/c2=C(/c2ccccc2)C2=N/C(=C(/c4ccccc4)c4ccc([nH]4)/C(c4ccccc4)=c4/cc/c([nH]4)=C/3c3ccccc3)C=C2)C=C(C)C1=O. The summed E-state index contributed by atoms with van der Waals surface area (Å²) in [5, 5.41) is 3.87. The van der Waals surface area contributed by atoms with Gasteiger partial charge in [0.25, 0.3) is 0 Å². The number of carbonyl (C=O) groups is 1. The van der Waals surface area contributed by atoms with Gasteiger partial charge in [0, 0.05) is 55.3 Å². The number of fused-ring (bicyclic) bond motifs is 7. The molecule has 1 aliphatic carbocycles. The Morgan fingerprint density at radius 1 is 0.456 bits per heavy atom. The molecule has 0 saturated heterocycles. The minimum Gasteiger partial charge on any atom is -0.354 e. The molecule has 3 aromatic heterocycles. The van der Waals surface area contributed by atoms with Gasteiger partial charge in [-0.25, -0.2) is 4.99 Å². The Morgan fingerprint density at radius 2 is 0.930 bits per heavy atom. The Morgan fingerprint density at radius 3 is 1.47 bits per heavy atom. The first kappa shape index (κ1) is 34.0. The van der Waals surface area contributed by atoms with Gasteiger partial charge in [0.2, 0.25) is 0 Å². The number of nitrogens with zero attached hydrogens (tertiary/aromatic N) is 1. The molecule has 10 rings (SSSR count). The standard InChI is InChI=1S/C52H38N4O/c1-32-29-38(30-33(2)52(32)57)39-31-46-49(36-19-11-5-12-20-36)44-26-25-42(54-44)47(34-15-7-3-8-16-34)40-23-24-41(53-40)48(35-17-9-4-10-18-35)43-27-28-45(55-43)50(51(39)56-46)37-21-13-6-14-22-37/h3-31,53-54,56H,1-2H3/b47-42-,48-43-,49-44-,51-50-. The van der Waals surface area contributed by atoms with Crippen LogP contribution in [0.15, 0.2) is 198 Å². The summed E-state index contributed by atoms with van der Waals surface area (Å²) in [6.07, 6.45) is 8.29. The number of carbonyl (C=O) groups excluding carboxylic acids is 1. The highest BCUT2D eigenvalue weighted by atomic mass is 16.1. The summed E-state index contributed by atoms with van der Waals surface area (Å²) in [4.78, 5) is 30.3. The van der Waals surface area contributed by atoms with Gasteiger partial charge in [-0.1, -0.05) is 121 Å². The predicted octanol–water partition coefficient (Wildman–Crippen LogP) is 7.77. The first-order valence-corrected chi connectivity index (χ1v) is 19.3. The van der Waals surface area contributed by atoms with E-state index in [1.807, 2.05) is 44.2 Å². The number of H-pyrrole nitrogens is 3. The third-order valence-corrected chi connectivity index (χ3v) is 11.0. The fourth-order valence-electron chi connectivity index (χ4n) is 8.33. The maximum absolute atomic E-state index is 13.1. The molecule has 0 unspecified atom stereocenters.